The quantitative estimate of drug-likeness (QED) is 0.325. The van der Waals surface area contributed by atoms with Crippen molar-refractivity contribution in [3.8, 4) is 0 Å². The maximum atomic E-state index is 5.28. The van der Waals surface area contributed by atoms with Gasteiger partial charge in [0.15, 0.2) is 0 Å². The normalized spacial score (nSPS) is 14.5. The van der Waals surface area contributed by atoms with Gasteiger partial charge in [0.05, 0.1) is 6.17 Å². The van der Waals surface area contributed by atoms with E-state index >= 15 is 0 Å². The molecule has 0 saturated heterocycles. The number of hydrogen-bond acceptors (Lipinski definition) is 3. The predicted molar refractivity (Wildman–Crippen MR) is 30.9 cm³/mol. The Hall–Kier alpha value is 0.270. The van der Waals surface area contributed by atoms with Gasteiger partial charge in [-0.05, 0) is 7.05 Å². The molecule has 0 radical (unpaired) electrons. The highest BCUT2D eigenvalue weighted by Crippen LogP contribution is 1.71. The molecule has 3 N–H and O–H groups in total. The monoisotopic (exact) mass is 106 g/mol. The lowest BCUT2D eigenvalue weighted by atomic mass is 10.6. The molecule has 0 aliphatic heterocycles. The zero-order valence-corrected chi connectivity index (χ0v) is 4.70. The summed E-state index contributed by atoms with van der Waals surface area (Å²) in [6, 6.07) is 0. The largest absolute Gasteiger partial charge is 0.315 e. The molecule has 0 aliphatic rings. The molecule has 0 saturated carbocycles. The summed E-state index contributed by atoms with van der Waals surface area (Å²) in [7, 11) is 1.81. The SMILES string of the molecule is CNC(N)CS. The Kier molecular flexibility index (Phi) is 3.62. The Morgan fingerprint density at radius 1 is 2.00 bits per heavy atom. The van der Waals surface area contributed by atoms with Crippen molar-refractivity contribution in [2.24, 2.45) is 5.73 Å². The number of rotatable bonds is 2. The van der Waals surface area contributed by atoms with Gasteiger partial charge in [-0.3, -0.25) is 0 Å². The molecule has 0 aromatic carbocycles. The molecule has 2 nitrogen and oxygen atoms in total. The van der Waals surface area contributed by atoms with Crippen LogP contribution in [0.2, 0.25) is 0 Å². The second-order valence-electron chi connectivity index (χ2n) is 1.08. The molecule has 6 heavy (non-hydrogen) atoms. The fraction of sp³-hybridized carbons (Fsp3) is 1.00. The average molecular weight is 106 g/mol. The highest BCUT2D eigenvalue weighted by atomic mass is 32.1. The molecule has 0 aromatic heterocycles. The average Bonchev–Trinajstić information content (AvgIpc) is 1.65. The third-order valence-electron chi connectivity index (χ3n) is 0.567. The second kappa shape index (κ2) is 3.46. The van der Waals surface area contributed by atoms with Gasteiger partial charge < -0.3 is 11.1 Å². The molecular weight excluding hydrogens is 96.1 g/mol. The van der Waals surface area contributed by atoms with Crippen LogP contribution in [0.3, 0.4) is 0 Å². The van der Waals surface area contributed by atoms with Crippen molar-refractivity contribution in [2.75, 3.05) is 12.8 Å². The topological polar surface area (TPSA) is 38.0 Å². The molecule has 0 rings (SSSR count). The molecule has 1 unspecified atom stereocenters. The lowest BCUT2D eigenvalue weighted by Crippen LogP contribution is -2.35. The van der Waals surface area contributed by atoms with Gasteiger partial charge in [-0.15, -0.1) is 0 Å². The fourth-order valence-electron chi connectivity index (χ4n) is 0.0913. The predicted octanol–water partition coefficient (Wildman–Crippen LogP) is -0.580. The first-order chi connectivity index (χ1) is 2.81. The van der Waals surface area contributed by atoms with Gasteiger partial charge in [0.2, 0.25) is 0 Å². The number of thiol groups is 1. The molecule has 0 heterocycles. The Morgan fingerprint density at radius 2 is 2.50 bits per heavy atom. The van der Waals surface area contributed by atoms with Gasteiger partial charge in [0.1, 0.15) is 0 Å². The maximum absolute atomic E-state index is 5.28. The van der Waals surface area contributed by atoms with Gasteiger partial charge in [0, 0.05) is 5.75 Å². The summed E-state index contributed by atoms with van der Waals surface area (Å²) in [5.74, 6) is 0.691. The minimum atomic E-state index is 0.0494. The van der Waals surface area contributed by atoms with Crippen LogP contribution in [0.5, 0.6) is 0 Å². The van der Waals surface area contributed by atoms with E-state index in [4.69, 9.17) is 5.73 Å². The van der Waals surface area contributed by atoms with Crippen molar-refractivity contribution in [2.45, 2.75) is 6.17 Å². The van der Waals surface area contributed by atoms with Crippen LogP contribution in [-0.2, 0) is 0 Å². The third-order valence-corrected chi connectivity index (χ3v) is 0.961. The van der Waals surface area contributed by atoms with Crippen LogP contribution in [0.4, 0.5) is 0 Å². The van der Waals surface area contributed by atoms with Crippen LogP contribution in [-0.4, -0.2) is 19.0 Å². The number of hydrogen-bond donors (Lipinski definition) is 3. The highest BCUT2D eigenvalue weighted by molar-refractivity contribution is 7.80. The Labute approximate surface area is 43.5 Å². The van der Waals surface area contributed by atoms with Gasteiger partial charge in [-0.25, -0.2) is 0 Å². The summed E-state index contributed by atoms with van der Waals surface area (Å²) in [5.41, 5.74) is 5.28. The minimum absolute atomic E-state index is 0.0494. The number of nitrogens with two attached hydrogens (primary N) is 1. The molecule has 1 atom stereocenters. The van der Waals surface area contributed by atoms with Crippen molar-refractivity contribution in [1.29, 1.82) is 0 Å². The zero-order chi connectivity index (χ0) is 4.99. The summed E-state index contributed by atoms with van der Waals surface area (Å²) >= 11 is 3.91. The molecule has 0 bridgehead atoms. The zero-order valence-electron chi connectivity index (χ0n) is 3.81. The van der Waals surface area contributed by atoms with E-state index in [1.165, 1.54) is 0 Å². The van der Waals surface area contributed by atoms with Crippen molar-refractivity contribution < 1.29 is 0 Å². The van der Waals surface area contributed by atoms with E-state index in [0.717, 1.165) is 0 Å². The molecule has 38 valence electrons. The van der Waals surface area contributed by atoms with Crippen LogP contribution in [0, 0.1) is 0 Å². The molecule has 3 heteroatoms. The van der Waals surface area contributed by atoms with Crippen LogP contribution in [0.25, 0.3) is 0 Å². The fourth-order valence-corrected chi connectivity index (χ4v) is 0.274. The lowest BCUT2D eigenvalue weighted by Gasteiger charge is -2.02. The number of nitrogens with one attached hydrogen (secondary N) is 1. The van der Waals surface area contributed by atoms with E-state index in [1.807, 2.05) is 0 Å². The van der Waals surface area contributed by atoms with E-state index < -0.39 is 0 Å². The van der Waals surface area contributed by atoms with E-state index in [1.54, 1.807) is 7.05 Å². The van der Waals surface area contributed by atoms with Crippen molar-refractivity contribution in [1.82, 2.24) is 5.32 Å². The van der Waals surface area contributed by atoms with Gasteiger partial charge in [0.25, 0.3) is 0 Å². The van der Waals surface area contributed by atoms with E-state index in [9.17, 15) is 0 Å². The van der Waals surface area contributed by atoms with E-state index in [-0.39, 0.29) is 6.17 Å². The summed E-state index contributed by atoms with van der Waals surface area (Å²) in [4.78, 5) is 0. The van der Waals surface area contributed by atoms with Gasteiger partial charge in [-0.1, -0.05) is 0 Å². The maximum Gasteiger partial charge on any atom is 0.0634 e. The first-order valence-corrected chi connectivity index (χ1v) is 2.48. The lowest BCUT2D eigenvalue weighted by molar-refractivity contribution is 0.649. The molecule has 0 aromatic rings. The minimum Gasteiger partial charge on any atom is -0.315 e. The summed E-state index contributed by atoms with van der Waals surface area (Å²) in [6.07, 6.45) is 0.0494. The highest BCUT2D eigenvalue weighted by Gasteiger charge is 1.87. The Bertz CT molecular complexity index is 28.0. The first kappa shape index (κ1) is 6.27. The van der Waals surface area contributed by atoms with Crippen LogP contribution < -0.4 is 11.1 Å². The summed E-state index contributed by atoms with van der Waals surface area (Å²) in [6.45, 7) is 0. The van der Waals surface area contributed by atoms with Crippen LogP contribution in [0.1, 0.15) is 0 Å². The molecule has 0 amide bonds. The molecular formula is C3H10N2S. The molecule has 0 aliphatic carbocycles. The van der Waals surface area contributed by atoms with Crippen molar-refractivity contribution >= 4 is 12.6 Å². The Morgan fingerprint density at radius 3 is 2.50 bits per heavy atom. The Balaban J connectivity index is 2.75. The van der Waals surface area contributed by atoms with Crippen molar-refractivity contribution in [3.05, 3.63) is 0 Å². The smallest absolute Gasteiger partial charge is 0.0634 e. The van der Waals surface area contributed by atoms with E-state index in [2.05, 4.69) is 17.9 Å². The van der Waals surface area contributed by atoms with Crippen LogP contribution in [0.15, 0.2) is 0 Å². The molecule has 0 fully saturated rings. The van der Waals surface area contributed by atoms with Crippen molar-refractivity contribution in [3.63, 3.8) is 0 Å². The summed E-state index contributed by atoms with van der Waals surface area (Å²) < 4.78 is 0. The second-order valence-corrected chi connectivity index (χ2v) is 1.44. The van der Waals surface area contributed by atoms with E-state index in [0.29, 0.717) is 5.75 Å². The standard InChI is InChI=1S/C3H10N2S/c1-5-3(4)2-6/h3,5-6H,2,4H2,1H3. The van der Waals surface area contributed by atoms with Gasteiger partial charge in [-0.2, -0.15) is 12.6 Å². The first-order valence-electron chi connectivity index (χ1n) is 1.85. The third kappa shape index (κ3) is 2.50. The summed E-state index contributed by atoms with van der Waals surface area (Å²) in [5, 5.41) is 2.82. The molecule has 0 spiro atoms. The van der Waals surface area contributed by atoms with Gasteiger partial charge >= 0.3 is 0 Å². The van der Waals surface area contributed by atoms with Crippen LogP contribution >= 0.6 is 12.6 Å².